The van der Waals surface area contributed by atoms with Crippen LogP contribution in [0, 0.1) is 5.92 Å². The molecule has 6 nitrogen and oxygen atoms in total. The molecule has 106 valence electrons. The Morgan fingerprint density at radius 1 is 1.11 bits per heavy atom. The third-order valence-corrected chi connectivity index (χ3v) is 1.66. The van der Waals surface area contributed by atoms with E-state index < -0.39 is 18.2 Å². The molecule has 0 saturated heterocycles. The third-order valence-electron chi connectivity index (χ3n) is 1.66. The Morgan fingerprint density at radius 2 is 1.39 bits per heavy atom. The first-order chi connectivity index (χ1) is 8.20. The van der Waals surface area contributed by atoms with Crippen molar-refractivity contribution in [2.24, 2.45) is 5.92 Å². The minimum Gasteiger partial charge on any atom is -0.478 e. The lowest BCUT2D eigenvalue weighted by Gasteiger charge is -2.08. The first-order valence-electron chi connectivity index (χ1n) is 5.27. The van der Waals surface area contributed by atoms with E-state index in [2.05, 4.69) is 13.2 Å². The summed E-state index contributed by atoms with van der Waals surface area (Å²) >= 11 is 0. The normalized spacial score (nSPS) is 10.1. The highest BCUT2D eigenvalue weighted by atomic mass is 16.5. The van der Waals surface area contributed by atoms with Gasteiger partial charge in [-0.25, -0.2) is 9.59 Å². The van der Waals surface area contributed by atoms with Gasteiger partial charge in [-0.05, 0) is 5.92 Å². The van der Waals surface area contributed by atoms with Crippen LogP contribution in [0.2, 0.25) is 0 Å². The standard InChI is InChI=1S/C6H14O2.2C3H4O2/c1-3-5(2)4-6(7)8;2*1-2-3(4)5/h5-8H,3-4H2,1-2H3;2*2H,1H2,(H,4,5). The number of aliphatic hydroxyl groups is 2. The van der Waals surface area contributed by atoms with Gasteiger partial charge in [0.15, 0.2) is 6.29 Å². The molecule has 6 heteroatoms. The Kier molecular flexibility index (Phi) is 18.4. The molecule has 0 aromatic carbocycles. The summed E-state index contributed by atoms with van der Waals surface area (Å²) in [7, 11) is 0. The van der Waals surface area contributed by atoms with Crippen LogP contribution in [0.25, 0.3) is 0 Å². The van der Waals surface area contributed by atoms with Crippen molar-refractivity contribution in [2.75, 3.05) is 0 Å². The third kappa shape index (κ3) is 36.7. The van der Waals surface area contributed by atoms with Crippen LogP contribution in [0.4, 0.5) is 0 Å². The summed E-state index contributed by atoms with van der Waals surface area (Å²) in [5.74, 6) is -1.54. The maximum atomic E-state index is 9.25. The molecule has 1 atom stereocenters. The van der Waals surface area contributed by atoms with Crippen molar-refractivity contribution in [3.63, 3.8) is 0 Å². The van der Waals surface area contributed by atoms with Crippen molar-refractivity contribution < 1.29 is 30.0 Å². The van der Waals surface area contributed by atoms with Gasteiger partial charge in [-0.15, -0.1) is 0 Å². The largest absolute Gasteiger partial charge is 0.478 e. The average Bonchev–Trinajstić information content (AvgIpc) is 2.29. The summed E-state index contributed by atoms with van der Waals surface area (Å²) in [6.45, 7) is 9.96. The average molecular weight is 262 g/mol. The second-order valence-corrected chi connectivity index (χ2v) is 3.31. The van der Waals surface area contributed by atoms with Crippen LogP contribution in [-0.4, -0.2) is 38.7 Å². The molecule has 0 rings (SSSR count). The lowest BCUT2D eigenvalue weighted by atomic mass is 10.1. The molecule has 0 aliphatic carbocycles. The van der Waals surface area contributed by atoms with Crippen molar-refractivity contribution in [2.45, 2.75) is 33.0 Å². The van der Waals surface area contributed by atoms with E-state index in [-0.39, 0.29) is 0 Å². The second kappa shape index (κ2) is 15.3. The minimum atomic E-state index is -1.12. The SMILES string of the molecule is C=CC(=O)O.C=CC(=O)O.CCC(C)CC(O)O. The monoisotopic (exact) mass is 262 g/mol. The van der Waals surface area contributed by atoms with Crippen molar-refractivity contribution in [3.8, 4) is 0 Å². The predicted octanol–water partition coefficient (Wildman–Crippen LogP) is 1.25. The van der Waals surface area contributed by atoms with E-state index in [0.29, 0.717) is 12.3 Å². The molecule has 0 aromatic heterocycles. The van der Waals surface area contributed by atoms with Crippen LogP contribution in [-0.2, 0) is 9.59 Å². The van der Waals surface area contributed by atoms with Gasteiger partial charge in [0.05, 0.1) is 0 Å². The van der Waals surface area contributed by atoms with E-state index in [1.807, 2.05) is 13.8 Å². The van der Waals surface area contributed by atoms with Gasteiger partial charge in [0.2, 0.25) is 0 Å². The summed E-state index contributed by atoms with van der Waals surface area (Å²) in [5, 5.41) is 32.0. The van der Waals surface area contributed by atoms with Gasteiger partial charge >= 0.3 is 11.9 Å². The Balaban J connectivity index is -0.000000197. The Hall–Kier alpha value is -1.66. The molecule has 0 spiro atoms. The first-order valence-corrected chi connectivity index (χ1v) is 5.27. The van der Waals surface area contributed by atoms with E-state index >= 15 is 0 Å². The molecule has 0 aliphatic rings. The minimum absolute atomic E-state index is 0.426. The highest BCUT2D eigenvalue weighted by Gasteiger charge is 2.02. The summed E-state index contributed by atoms with van der Waals surface area (Å²) in [5.41, 5.74) is 0. The predicted molar refractivity (Wildman–Crippen MR) is 68.0 cm³/mol. The number of hydrogen-bond acceptors (Lipinski definition) is 4. The van der Waals surface area contributed by atoms with Gasteiger partial charge in [0.1, 0.15) is 0 Å². The lowest BCUT2D eigenvalue weighted by Crippen LogP contribution is -2.09. The molecule has 1 unspecified atom stereocenters. The highest BCUT2D eigenvalue weighted by Crippen LogP contribution is 2.07. The van der Waals surface area contributed by atoms with Gasteiger partial charge in [-0.2, -0.15) is 0 Å². The second-order valence-electron chi connectivity index (χ2n) is 3.31. The van der Waals surface area contributed by atoms with Gasteiger partial charge in [0.25, 0.3) is 0 Å². The first kappa shape index (κ1) is 21.6. The number of aliphatic carboxylic acids is 2. The van der Waals surface area contributed by atoms with Crippen LogP contribution in [0.5, 0.6) is 0 Å². The smallest absolute Gasteiger partial charge is 0.327 e. The number of rotatable bonds is 5. The van der Waals surface area contributed by atoms with Crippen molar-refractivity contribution in [1.82, 2.24) is 0 Å². The summed E-state index contributed by atoms with van der Waals surface area (Å²) in [4.78, 5) is 18.5. The quantitative estimate of drug-likeness (QED) is 0.438. The molecule has 0 bridgehead atoms. The van der Waals surface area contributed by atoms with E-state index in [1.54, 1.807) is 0 Å². The number of carboxylic acids is 2. The van der Waals surface area contributed by atoms with E-state index in [0.717, 1.165) is 18.6 Å². The Labute approximate surface area is 107 Å². The molecule has 0 aromatic rings. The molecule has 0 aliphatic heterocycles. The maximum Gasteiger partial charge on any atom is 0.327 e. The highest BCUT2D eigenvalue weighted by molar-refractivity contribution is 5.79. The Morgan fingerprint density at radius 3 is 1.44 bits per heavy atom. The maximum absolute atomic E-state index is 9.25. The number of carbonyl (C=O) groups is 2. The summed E-state index contributed by atoms with van der Waals surface area (Å²) in [6.07, 6.45) is 2.05. The molecule has 0 heterocycles. The van der Waals surface area contributed by atoms with Crippen LogP contribution in [0.1, 0.15) is 26.7 Å². The van der Waals surface area contributed by atoms with Crippen LogP contribution < -0.4 is 0 Å². The van der Waals surface area contributed by atoms with Crippen LogP contribution in [0.3, 0.4) is 0 Å². The topological polar surface area (TPSA) is 115 Å². The zero-order valence-corrected chi connectivity index (χ0v) is 10.7. The van der Waals surface area contributed by atoms with Crippen molar-refractivity contribution >= 4 is 11.9 Å². The zero-order valence-electron chi connectivity index (χ0n) is 10.7. The molecule has 0 amide bonds. The fourth-order valence-electron chi connectivity index (χ4n) is 0.527. The Bertz CT molecular complexity index is 229. The molecule has 4 N–H and O–H groups in total. The van der Waals surface area contributed by atoms with E-state index in [4.69, 9.17) is 20.4 Å². The van der Waals surface area contributed by atoms with Gasteiger partial charge in [0, 0.05) is 18.6 Å². The van der Waals surface area contributed by atoms with E-state index in [1.165, 1.54) is 0 Å². The molecule has 0 saturated carbocycles. The van der Waals surface area contributed by atoms with Crippen molar-refractivity contribution in [3.05, 3.63) is 25.3 Å². The molecular formula is C12H22O6. The zero-order chi connectivity index (χ0) is 15.1. The molecule has 0 radical (unpaired) electrons. The fourth-order valence-corrected chi connectivity index (χ4v) is 0.527. The van der Waals surface area contributed by atoms with Crippen molar-refractivity contribution in [1.29, 1.82) is 0 Å². The number of aliphatic hydroxyl groups excluding tert-OH is 1. The van der Waals surface area contributed by atoms with Crippen LogP contribution >= 0.6 is 0 Å². The fraction of sp³-hybridized carbons (Fsp3) is 0.500. The lowest BCUT2D eigenvalue weighted by molar-refractivity contribution is -0.132. The van der Waals surface area contributed by atoms with Crippen LogP contribution in [0.15, 0.2) is 25.3 Å². The molecule has 0 fully saturated rings. The molecule has 18 heavy (non-hydrogen) atoms. The summed E-state index contributed by atoms with van der Waals surface area (Å²) in [6, 6.07) is 0. The van der Waals surface area contributed by atoms with Gasteiger partial charge in [-0.3, -0.25) is 0 Å². The summed E-state index contributed by atoms with van der Waals surface area (Å²) < 4.78 is 0. The number of hydrogen-bond donors (Lipinski definition) is 4. The van der Waals surface area contributed by atoms with Gasteiger partial charge in [-0.1, -0.05) is 33.4 Å². The number of carboxylic acid groups (broad SMARTS) is 2. The molecular weight excluding hydrogens is 240 g/mol. The van der Waals surface area contributed by atoms with Gasteiger partial charge < -0.3 is 20.4 Å². The van der Waals surface area contributed by atoms with E-state index in [9.17, 15) is 9.59 Å².